The molecular weight excluding hydrogens is 325 g/mol. The van der Waals surface area contributed by atoms with Crippen LogP contribution in [-0.4, -0.2) is 14.7 Å². The van der Waals surface area contributed by atoms with Crippen LogP contribution in [0.4, 0.5) is 13.2 Å². The van der Waals surface area contributed by atoms with E-state index in [1.54, 1.807) is 13.2 Å². The molecule has 0 aliphatic rings. The number of aromatic nitrogens is 2. The number of halogens is 4. The third-order valence-electron chi connectivity index (χ3n) is 2.72. The molecule has 0 amide bonds. The van der Waals surface area contributed by atoms with Crippen LogP contribution in [0.1, 0.15) is 23.1 Å². The zero-order valence-corrected chi connectivity index (χ0v) is 11.4. The molecule has 7 heteroatoms. The first-order chi connectivity index (χ1) is 8.80. The fourth-order valence-electron chi connectivity index (χ4n) is 1.79. The van der Waals surface area contributed by atoms with Gasteiger partial charge in [-0.15, -0.1) is 0 Å². The highest BCUT2D eigenvalue weighted by Gasteiger charge is 2.36. The number of aliphatic hydroxyl groups excluding tert-OH is 1. The van der Waals surface area contributed by atoms with E-state index >= 15 is 0 Å². The van der Waals surface area contributed by atoms with Crippen LogP contribution in [0.15, 0.2) is 35.1 Å². The molecule has 0 saturated carbocycles. The van der Waals surface area contributed by atoms with Crippen molar-refractivity contribution in [2.75, 3.05) is 0 Å². The molecule has 0 spiro atoms. The smallest absolute Gasteiger partial charge is 0.380 e. The Morgan fingerprint density at radius 3 is 2.58 bits per heavy atom. The van der Waals surface area contributed by atoms with Crippen molar-refractivity contribution in [2.45, 2.75) is 12.3 Å². The van der Waals surface area contributed by atoms with Crippen LogP contribution in [0.3, 0.4) is 0 Å². The van der Waals surface area contributed by atoms with Gasteiger partial charge >= 0.3 is 6.18 Å². The highest BCUT2D eigenvalue weighted by molar-refractivity contribution is 9.10. The SMILES string of the molecule is Cn1ccnc1C(O)c1ccc(Br)cc1C(F)(F)F. The van der Waals surface area contributed by atoms with Gasteiger partial charge in [-0.3, -0.25) is 0 Å². The molecule has 1 N–H and O–H groups in total. The topological polar surface area (TPSA) is 38.0 Å². The molecule has 0 saturated heterocycles. The summed E-state index contributed by atoms with van der Waals surface area (Å²) in [6, 6.07) is 3.64. The lowest BCUT2D eigenvalue weighted by atomic mass is 10.0. The lowest BCUT2D eigenvalue weighted by Gasteiger charge is -2.17. The Labute approximate surface area is 115 Å². The number of nitrogens with zero attached hydrogens (tertiary/aromatic N) is 2. The molecule has 0 aliphatic carbocycles. The molecule has 2 aromatic rings. The van der Waals surface area contributed by atoms with Crippen LogP contribution < -0.4 is 0 Å². The summed E-state index contributed by atoms with van der Waals surface area (Å²) < 4.78 is 40.7. The van der Waals surface area contributed by atoms with Crippen molar-refractivity contribution in [3.05, 3.63) is 52.0 Å². The van der Waals surface area contributed by atoms with E-state index in [0.717, 1.165) is 6.07 Å². The van der Waals surface area contributed by atoms with Crippen LogP contribution in [0.25, 0.3) is 0 Å². The first kappa shape index (κ1) is 14.1. The van der Waals surface area contributed by atoms with E-state index in [1.165, 1.54) is 22.9 Å². The van der Waals surface area contributed by atoms with E-state index in [1.807, 2.05) is 0 Å². The molecule has 0 bridgehead atoms. The number of aliphatic hydroxyl groups is 1. The van der Waals surface area contributed by atoms with Gasteiger partial charge < -0.3 is 9.67 Å². The predicted octanol–water partition coefficient (Wildman–Crippen LogP) is 3.28. The van der Waals surface area contributed by atoms with Crippen LogP contribution in [0.2, 0.25) is 0 Å². The van der Waals surface area contributed by atoms with Gasteiger partial charge in [0, 0.05) is 29.5 Å². The van der Waals surface area contributed by atoms with Crippen LogP contribution in [0, 0.1) is 0 Å². The van der Waals surface area contributed by atoms with Gasteiger partial charge in [-0.05, 0) is 12.1 Å². The van der Waals surface area contributed by atoms with Crippen molar-refractivity contribution in [3.8, 4) is 0 Å². The van der Waals surface area contributed by atoms with E-state index < -0.39 is 17.8 Å². The fraction of sp³-hybridized carbons (Fsp3) is 0.250. The Morgan fingerprint density at radius 2 is 2.05 bits per heavy atom. The third-order valence-corrected chi connectivity index (χ3v) is 3.21. The summed E-state index contributed by atoms with van der Waals surface area (Å²) in [5.41, 5.74) is -1.10. The first-order valence-electron chi connectivity index (χ1n) is 5.32. The summed E-state index contributed by atoms with van der Waals surface area (Å²) >= 11 is 3.00. The van der Waals surface area contributed by atoms with Crippen LogP contribution in [0.5, 0.6) is 0 Å². The minimum Gasteiger partial charge on any atom is -0.380 e. The minimum absolute atomic E-state index is 0.160. The number of alkyl halides is 3. The van der Waals surface area contributed by atoms with E-state index in [2.05, 4.69) is 20.9 Å². The van der Waals surface area contributed by atoms with Gasteiger partial charge in [0.05, 0.1) is 5.56 Å². The van der Waals surface area contributed by atoms with Gasteiger partial charge in [0.15, 0.2) is 0 Å². The van der Waals surface area contributed by atoms with E-state index in [4.69, 9.17) is 0 Å². The molecule has 102 valence electrons. The number of aryl methyl sites for hydroxylation is 1. The average Bonchev–Trinajstić information content (AvgIpc) is 2.73. The van der Waals surface area contributed by atoms with Crippen molar-refractivity contribution < 1.29 is 18.3 Å². The Kier molecular flexibility index (Phi) is 3.69. The third kappa shape index (κ3) is 2.82. The standard InChI is InChI=1S/C12H10BrF3N2O/c1-18-5-4-17-11(18)10(19)8-3-2-7(13)6-9(8)12(14,15)16/h2-6,10,19H,1H3. The maximum Gasteiger partial charge on any atom is 0.416 e. The Morgan fingerprint density at radius 1 is 1.37 bits per heavy atom. The van der Waals surface area contributed by atoms with Crippen molar-refractivity contribution in [1.29, 1.82) is 0 Å². The van der Waals surface area contributed by atoms with Crippen molar-refractivity contribution >= 4 is 15.9 Å². The van der Waals surface area contributed by atoms with Crippen molar-refractivity contribution in [2.24, 2.45) is 7.05 Å². The van der Waals surface area contributed by atoms with Crippen molar-refractivity contribution in [1.82, 2.24) is 9.55 Å². The molecule has 1 heterocycles. The second-order valence-corrected chi connectivity index (χ2v) is 4.94. The van der Waals surface area contributed by atoms with Crippen LogP contribution >= 0.6 is 15.9 Å². The fourth-order valence-corrected chi connectivity index (χ4v) is 2.15. The second kappa shape index (κ2) is 4.97. The van der Waals surface area contributed by atoms with Gasteiger partial charge in [-0.1, -0.05) is 22.0 Å². The zero-order valence-electron chi connectivity index (χ0n) is 9.82. The van der Waals surface area contributed by atoms with Gasteiger partial charge in [0.2, 0.25) is 0 Å². The quantitative estimate of drug-likeness (QED) is 0.915. The molecule has 0 aliphatic heterocycles. The van der Waals surface area contributed by atoms with Gasteiger partial charge in [-0.2, -0.15) is 13.2 Å². The average molecular weight is 335 g/mol. The molecule has 0 fully saturated rings. The molecular formula is C12H10BrF3N2O. The number of benzene rings is 1. The normalized spacial score (nSPS) is 13.6. The summed E-state index contributed by atoms with van der Waals surface area (Å²) in [7, 11) is 1.61. The molecule has 1 aromatic heterocycles. The largest absolute Gasteiger partial charge is 0.416 e. The Balaban J connectivity index is 2.54. The number of hydrogen-bond acceptors (Lipinski definition) is 2. The molecule has 0 radical (unpaired) electrons. The first-order valence-corrected chi connectivity index (χ1v) is 6.12. The van der Waals surface area contributed by atoms with Crippen molar-refractivity contribution in [3.63, 3.8) is 0 Å². The number of rotatable bonds is 2. The monoisotopic (exact) mass is 334 g/mol. The zero-order chi connectivity index (χ0) is 14.2. The summed E-state index contributed by atoms with van der Waals surface area (Å²) in [6.07, 6.45) is -2.98. The Bertz CT molecular complexity index is 595. The van der Waals surface area contributed by atoms with Gasteiger partial charge in [-0.25, -0.2) is 4.98 Å². The molecule has 1 atom stereocenters. The lowest BCUT2D eigenvalue weighted by molar-refractivity contribution is -0.139. The maximum absolute atomic E-state index is 13.0. The summed E-state index contributed by atoms with van der Waals surface area (Å²) in [6.45, 7) is 0. The summed E-state index contributed by atoms with van der Waals surface area (Å²) in [4.78, 5) is 3.87. The van der Waals surface area contributed by atoms with E-state index in [9.17, 15) is 18.3 Å². The number of hydrogen-bond donors (Lipinski definition) is 1. The Hall–Kier alpha value is -1.34. The van der Waals surface area contributed by atoms with Gasteiger partial charge in [0.25, 0.3) is 0 Å². The highest BCUT2D eigenvalue weighted by atomic mass is 79.9. The molecule has 2 rings (SSSR count). The number of imidazole rings is 1. The molecule has 19 heavy (non-hydrogen) atoms. The second-order valence-electron chi connectivity index (χ2n) is 4.03. The highest BCUT2D eigenvalue weighted by Crippen LogP contribution is 2.37. The minimum atomic E-state index is -4.54. The maximum atomic E-state index is 13.0. The predicted molar refractivity (Wildman–Crippen MR) is 66.4 cm³/mol. The lowest BCUT2D eigenvalue weighted by Crippen LogP contribution is -2.15. The summed E-state index contributed by atoms with van der Waals surface area (Å²) in [5.74, 6) is 0.160. The van der Waals surface area contributed by atoms with Gasteiger partial charge in [0.1, 0.15) is 11.9 Å². The molecule has 1 unspecified atom stereocenters. The van der Waals surface area contributed by atoms with E-state index in [-0.39, 0.29) is 11.4 Å². The summed E-state index contributed by atoms with van der Waals surface area (Å²) in [5, 5.41) is 10.1. The molecule has 3 nitrogen and oxygen atoms in total. The molecule has 1 aromatic carbocycles. The van der Waals surface area contributed by atoms with Crippen LogP contribution in [-0.2, 0) is 13.2 Å². The van der Waals surface area contributed by atoms with E-state index in [0.29, 0.717) is 4.47 Å².